The molecule has 1 aliphatic rings. The molecule has 2 rings (SSSR count). The minimum atomic E-state index is -1.02. The summed E-state index contributed by atoms with van der Waals surface area (Å²) in [6, 6.07) is 0. The summed E-state index contributed by atoms with van der Waals surface area (Å²) >= 11 is 0. The van der Waals surface area contributed by atoms with E-state index in [9.17, 15) is 14.7 Å². The number of aromatic nitrogens is 2. The highest BCUT2D eigenvalue weighted by molar-refractivity contribution is 5.81. The molecule has 27 heavy (non-hydrogen) atoms. The van der Waals surface area contributed by atoms with Crippen LogP contribution >= 0.6 is 0 Å². The van der Waals surface area contributed by atoms with Crippen LogP contribution in [0.2, 0.25) is 0 Å². The minimum Gasteiger partial charge on any atom is -0.388 e. The van der Waals surface area contributed by atoms with Gasteiger partial charge in [-0.25, -0.2) is 4.63 Å². The van der Waals surface area contributed by atoms with Gasteiger partial charge in [0.2, 0.25) is 11.8 Å². The Balaban J connectivity index is 1.80. The fourth-order valence-electron chi connectivity index (χ4n) is 3.12. The van der Waals surface area contributed by atoms with Gasteiger partial charge in [-0.1, -0.05) is 24.2 Å². The van der Waals surface area contributed by atoms with E-state index in [2.05, 4.69) is 20.3 Å². The lowest BCUT2D eigenvalue weighted by Gasteiger charge is -2.38. The van der Waals surface area contributed by atoms with Crippen LogP contribution in [0.1, 0.15) is 44.5 Å². The first-order valence-electron chi connectivity index (χ1n) is 9.33. The highest BCUT2D eigenvalue weighted by atomic mass is 16.6. The first-order chi connectivity index (χ1) is 12.7. The van der Waals surface area contributed by atoms with Gasteiger partial charge in [0.25, 0.3) is 0 Å². The normalized spacial score (nSPS) is 17.8. The Hall–Kier alpha value is -2.00. The number of aryl methyl sites for hydroxylation is 1. The number of hydrogen-bond donors (Lipinski definition) is 2. The fraction of sp³-hybridized carbons (Fsp3) is 0.778. The van der Waals surface area contributed by atoms with E-state index in [1.54, 1.807) is 11.8 Å². The number of rotatable bonds is 8. The van der Waals surface area contributed by atoms with Gasteiger partial charge >= 0.3 is 0 Å². The van der Waals surface area contributed by atoms with Crippen LogP contribution in [-0.2, 0) is 20.7 Å². The van der Waals surface area contributed by atoms with Gasteiger partial charge in [0.05, 0.1) is 12.0 Å². The van der Waals surface area contributed by atoms with Crippen LogP contribution < -0.4 is 5.32 Å². The van der Waals surface area contributed by atoms with Gasteiger partial charge in [0.1, 0.15) is 17.5 Å². The highest BCUT2D eigenvalue weighted by Gasteiger charge is 2.35. The van der Waals surface area contributed by atoms with E-state index in [0.717, 1.165) is 0 Å². The average Bonchev–Trinajstić information content (AvgIpc) is 3.02. The van der Waals surface area contributed by atoms with Crippen LogP contribution in [0.5, 0.6) is 0 Å². The summed E-state index contributed by atoms with van der Waals surface area (Å²) in [6.07, 6.45) is 1.04. The second-order valence-corrected chi connectivity index (χ2v) is 7.65. The Morgan fingerprint density at radius 3 is 2.52 bits per heavy atom. The van der Waals surface area contributed by atoms with Crippen molar-refractivity contribution in [2.45, 2.75) is 58.2 Å². The second-order valence-electron chi connectivity index (χ2n) is 7.65. The number of hydrogen-bond acceptors (Lipinski definition) is 7. The molecule has 0 radical (unpaired) electrons. The predicted molar refractivity (Wildman–Crippen MR) is 96.8 cm³/mol. The van der Waals surface area contributed by atoms with Crippen LogP contribution in [0.25, 0.3) is 0 Å². The van der Waals surface area contributed by atoms with Crippen LogP contribution in [0.3, 0.4) is 0 Å². The van der Waals surface area contributed by atoms with Crippen molar-refractivity contribution in [3.05, 3.63) is 11.4 Å². The van der Waals surface area contributed by atoms with Crippen molar-refractivity contribution in [1.82, 2.24) is 20.5 Å². The van der Waals surface area contributed by atoms with Crippen molar-refractivity contribution < 1.29 is 24.1 Å². The van der Waals surface area contributed by atoms with Gasteiger partial charge in [0.15, 0.2) is 0 Å². The summed E-state index contributed by atoms with van der Waals surface area (Å²) in [6.45, 7) is 6.79. The first kappa shape index (κ1) is 21.3. The number of carbonyl (C=O) groups is 2. The van der Waals surface area contributed by atoms with Crippen molar-refractivity contribution in [3.63, 3.8) is 0 Å². The molecule has 0 spiro atoms. The van der Waals surface area contributed by atoms with E-state index in [1.165, 1.54) is 7.11 Å². The number of piperidine rings is 1. The molecule has 9 nitrogen and oxygen atoms in total. The van der Waals surface area contributed by atoms with E-state index in [1.807, 2.05) is 13.8 Å². The highest BCUT2D eigenvalue weighted by Crippen LogP contribution is 2.22. The number of carbonyl (C=O) groups excluding carboxylic acids is 2. The number of ether oxygens (including phenoxy) is 1. The standard InChI is InChI=1S/C18H30N4O5/c1-12(2)9-15(26-4)17(24)19-11-18(25)5-7-22(8-6-18)16(23)10-14-13(3)20-27-21-14/h12,15,25H,5-11H2,1-4H3,(H,19,24). The van der Waals surface area contributed by atoms with Crippen LogP contribution in [-0.4, -0.2) is 70.6 Å². The number of likely N-dealkylation sites (tertiary alicyclic amines) is 1. The third-order valence-electron chi connectivity index (χ3n) is 4.97. The molecule has 152 valence electrons. The largest absolute Gasteiger partial charge is 0.388 e. The number of aliphatic hydroxyl groups is 1. The summed E-state index contributed by atoms with van der Waals surface area (Å²) in [5.41, 5.74) is 0.117. The van der Waals surface area contributed by atoms with Gasteiger partial charge in [-0.15, -0.1) is 0 Å². The molecule has 9 heteroatoms. The van der Waals surface area contributed by atoms with Gasteiger partial charge in [-0.3, -0.25) is 9.59 Å². The maximum absolute atomic E-state index is 12.4. The summed E-state index contributed by atoms with van der Waals surface area (Å²) < 4.78 is 9.85. The lowest BCUT2D eigenvalue weighted by Crippen LogP contribution is -2.53. The zero-order chi connectivity index (χ0) is 20.0. The Bertz CT molecular complexity index is 637. The summed E-state index contributed by atoms with van der Waals surface area (Å²) in [5, 5.41) is 20.9. The molecule has 2 amide bonds. The van der Waals surface area contributed by atoms with Crippen LogP contribution in [0, 0.1) is 12.8 Å². The first-order valence-corrected chi connectivity index (χ1v) is 9.33. The monoisotopic (exact) mass is 382 g/mol. The minimum absolute atomic E-state index is 0.0729. The van der Waals surface area contributed by atoms with Crippen molar-refractivity contribution in [2.75, 3.05) is 26.7 Å². The van der Waals surface area contributed by atoms with E-state index in [4.69, 9.17) is 4.74 Å². The topological polar surface area (TPSA) is 118 Å². The molecular formula is C18H30N4O5. The van der Waals surface area contributed by atoms with Crippen LogP contribution in [0.4, 0.5) is 0 Å². The lowest BCUT2D eigenvalue weighted by atomic mass is 9.91. The second kappa shape index (κ2) is 9.27. The molecular weight excluding hydrogens is 352 g/mol. The SMILES string of the molecule is COC(CC(C)C)C(=O)NCC1(O)CCN(C(=O)Cc2nonc2C)CC1. The van der Waals surface area contributed by atoms with Gasteiger partial charge < -0.3 is 20.1 Å². The zero-order valence-electron chi connectivity index (χ0n) is 16.5. The van der Waals surface area contributed by atoms with E-state index in [0.29, 0.717) is 49.7 Å². The molecule has 1 aromatic rings. The van der Waals surface area contributed by atoms with E-state index < -0.39 is 11.7 Å². The summed E-state index contributed by atoms with van der Waals surface area (Å²) in [5.74, 6) is 0.0463. The van der Waals surface area contributed by atoms with Crippen molar-refractivity contribution in [1.29, 1.82) is 0 Å². The smallest absolute Gasteiger partial charge is 0.249 e. The Kier molecular flexibility index (Phi) is 7.32. The molecule has 2 N–H and O–H groups in total. The molecule has 0 saturated carbocycles. The molecule has 1 aliphatic heterocycles. The third kappa shape index (κ3) is 6.00. The number of nitrogens with one attached hydrogen (secondary N) is 1. The quantitative estimate of drug-likeness (QED) is 0.670. The molecule has 1 fully saturated rings. The molecule has 1 saturated heterocycles. The summed E-state index contributed by atoms with van der Waals surface area (Å²) in [4.78, 5) is 26.3. The molecule has 1 aromatic heterocycles. The number of methoxy groups -OCH3 is 1. The number of amides is 2. The van der Waals surface area contributed by atoms with Crippen molar-refractivity contribution in [2.24, 2.45) is 5.92 Å². The molecule has 0 aliphatic carbocycles. The lowest BCUT2D eigenvalue weighted by molar-refractivity contribution is -0.137. The summed E-state index contributed by atoms with van der Waals surface area (Å²) in [7, 11) is 1.51. The number of nitrogens with zero attached hydrogens (tertiary/aromatic N) is 3. The van der Waals surface area contributed by atoms with E-state index in [-0.39, 0.29) is 24.8 Å². The fourth-order valence-corrected chi connectivity index (χ4v) is 3.12. The molecule has 0 bridgehead atoms. The molecule has 1 unspecified atom stereocenters. The third-order valence-corrected chi connectivity index (χ3v) is 4.97. The maximum atomic E-state index is 12.4. The van der Waals surface area contributed by atoms with Crippen molar-refractivity contribution in [3.8, 4) is 0 Å². The molecule has 1 atom stereocenters. The molecule has 2 heterocycles. The average molecular weight is 382 g/mol. The van der Waals surface area contributed by atoms with Gasteiger partial charge in [0, 0.05) is 26.7 Å². The van der Waals surface area contributed by atoms with Gasteiger partial charge in [-0.2, -0.15) is 0 Å². The Labute approximate surface area is 159 Å². The maximum Gasteiger partial charge on any atom is 0.249 e. The van der Waals surface area contributed by atoms with E-state index >= 15 is 0 Å². The van der Waals surface area contributed by atoms with Crippen LogP contribution in [0.15, 0.2) is 4.63 Å². The predicted octanol–water partition coefficient (Wildman–Crippen LogP) is 0.451. The van der Waals surface area contributed by atoms with Crippen molar-refractivity contribution >= 4 is 11.8 Å². The Morgan fingerprint density at radius 2 is 2.00 bits per heavy atom. The van der Waals surface area contributed by atoms with Gasteiger partial charge in [-0.05, 0) is 32.1 Å². The zero-order valence-corrected chi connectivity index (χ0v) is 16.5. The molecule has 0 aromatic carbocycles. The Morgan fingerprint density at radius 1 is 1.33 bits per heavy atom.